The zero-order chi connectivity index (χ0) is 16.4. The molecule has 1 unspecified atom stereocenters. The van der Waals surface area contributed by atoms with Crippen molar-refractivity contribution in [2.24, 2.45) is 0 Å². The number of hydrogen-bond donors (Lipinski definition) is 1. The minimum atomic E-state index is -4.35. The molecule has 2 heterocycles. The van der Waals surface area contributed by atoms with Crippen LogP contribution in [0.4, 0.5) is 13.2 Å². The minimum Gasteiger partial charge on any atom is -0.312 e. The predicted molar refractivity (Wildman–Crippen MR) is 76.9 cm³/mol. The molecule has 23 heavy (non-hydrogen) atoms. The average molecular weight is 326 g/mol. The van der Waals surface area contributed by atoms with Crippen molar-refractivity contribution in [3.8, 4) is 5.69 Å². The lowest BCUT2D eigenvalue weighted by Gasteiger charge is -2.31. The third kappa shape index (κ3) is 3.67. The third-order valence-electron chi connectivity index (χ3n) is 3.79. The molecular formula is C14H17F3N6. The largest absolute Gasteiger partial charge is 0.416 e. The first-order valence-electron chi connectivity index (χ1n) is 7.34. The highest BCUT2D eigenvalue weighted by atomic mass is 19.4. The van der Waals surface area contributed by atoms with Crippen LogP contribution in [0.25, 0.3) is 5.69 Å². The first-order valence-corrected chi connectivity index (χ1v) is 7.34. The van der Waals surface area contributed by atoms with E-state index in [2.05, 4.69) is 32.7 Å². The van der Waals surface area contributed by atoms with Gasteiger partial charge < -0.3 is 5.32 Å². The molecule has 1 saturated heterocycles. The summed E-state index contributed by atoms with van der Waals surface area (Å²) >= 11 is 0. The van der Waals surface area contributed by atoms with Crippen LogP contribution >= 0.6 is 0 Å². The van der Waals surface area contributed by atoms with Crippen molar-refractivity contribution in [1.82, 2.24) is 30.4 Å². The van der Waals surface area contributed by atoms with Crippen molar-refractivity contribution in [1.29, 1.82) is 0 Å². The van der Waals surface area contributed by atoms with E-state index in [9.17, 15) is 13.2 Å². The van der Waals surface area contributed by atoms with Gasteiger partial charge in [0.05, 0.1) is 17.8 Å². The summed E-state index contributed by atoms with van der Waals surface area (Å²) < 4.78 is 39.4. The van der Waals surface area contributed by atoms with Crippen LogP contribution in [0.1, 0.15) is 18.3 Å². The molecule has 1 N–H and O–H groups in total. The Balaban J connectivity index is 1.78. The maximum absolute atomic E-state index is 12.6. The fourth-order valence-electron chi connectivity index (χ4n) is 2.65. The van der Waals surface area contributed by atoms with Crippen LogP contribution < -0.4 is 5.32 Å². The van der Waals surface area contributed by atoms with Crippen molar-refractivity contribution in [2.75, 3.05) is 19.6 Å². The molecule has 0 saturated carbocycles. The van der Waals surface area contributed by atoms with Gasteiger partial charge in [0.15, 0.2) is 5.82 Å². The highest BCUT2D eigenvalue weighted by Crippen LogP contribution is 2.29. The molecular weight excluding hydrogens is 309 g/mol. The maximum atomic E-state index is 12.6. The Kier molecular flexibility index (Phi) is 4.31. The quantitative estimate of drug-likeness (QED) is 0.926. The van der Waals surface area contributed by atoms with Crippen molar-refractivity contribution < 1.29 is 13.2 Å². The van der Waals surface area contributed by atoms with E-state index >= 15 is 0 Å². The first kappa shape index (κ1) is 15.9. The maximum Gasteiger partial charge on any atom is 0.416 e. The molecule has 3 rings (SSSR count). The van der Waals surface area contributed by atoms with Crippen molar-refractivity contribution in [2.45, 2.75) is 25.7 Å². The van der Waals surface area contributed by atoms with Gasteiger partial charge in [0.1, 0.15) is 0 Å². The molecule has 124 valence electrons. The van der Waals surface area contributed by atoms with Gasteiger partial charge in [-0.1, -0.05) is 0 Å². The molecule has 0 radical (unpaired) electrons. The van der Waals surface area contributed by atoms with E-state index in [1.165, 1.54) is 16.8 Å². The summed E-state index contributed by atoms with van der Waals surface area (Å²) in [7, 11) is 0. The topological polar surface area (TPSA) is 58.9 Å². The summed E-state index contributed by atoms with van der Waals surface area (Å²) in [5.41, 5.74) is -0.173. The standard InChI is InChI=1S/C14H17F3N6/c1-10-8-22(7-6-18-10)9-13-19-20-21-23(13)12-4-2-11(3-5-12)14(15,16)17/h2-5,10,18H,6-9H2,1H3. The van der Waals surface area contributed by atoms with Crippen LogP contribution in [0, 0.1) is 0 Å². The summed E-state index contributed by atoms with van der Waals surface area (Å²) in [6.45, 7) is 5.30. The molecule has 6 nitrogen and oxygen atoms in total. The molecule has 1 aromatic heterocycles. The molecule has 1 fully saturated rings. The Hall–Kier alpha value is -2.00. The molecule has 0 amide bonds. The number of piperazine rings is 1. The van der Waals surface area contributed by atoms with Crippen LogP contribution in [0.5, 0.6) is 0 Å². The number of tetrazole rings is 1. The van der Waals surface area contributed by atoms with Crippen LogP contribution in [0.15, 0.2) is 24.3 Å². The number of aromatic nitrogens is 4. The molecule has 0 aliphatic carbocycles. The third-order valence-corrected chi connectivity index (χ3v) is 3.79. The Labute approximate surface area is 131 Å². The lowest BCUT2D eigenvalue weighted by molar-refractivity contribution is -0.137. The second-order valence-electron chi connectivity index (χ2n) is 5.64. The Morgan fingerprint density at radius 1 is 1.26 bits per heavy atom. The number of hydrogen-bond acceptors (Lipinski definition) is 5. The van der Waals surface area contributed by atoms with Gasteiger partial charge in [-0.05, 0) is 41.6 Å². The summed E-state index contributed by atoms with van der Waals surface area (Å²) in [4.78, 5) is 2.22. The molecule has 0 spiro atoms. The zero-order valence-electron chi connectivity index (χ0n) is 12.6. The fourth-order valence-corrected chi connectivity index (χ4v) is 2.65. The number of rotatable bonds is 3. The smallest absolute Gasteiger partial charge is 0.312 e. The zero-order valence-corrected chi connectivity index (χ0v) is 12.6. The predicted octanol–water partition coefficient (Wildman–Crippen LogP) is 1.47. The van der Waals surface area contributed by atoms with E-state index < -0.39 is 11.7 Å². The van der Waals surface area contributed by atoms with E-state index in [1.54, 1.807) is 0 Å². The van der Waals surface area contributed by atoms with Crippen LogP contribution in [0.3, 0.4) is 0 Å². The molecule has 9 heteroatoms. The van der Waals surface area contributed by atoms with Crippen molar-refractivity contribution in [3.63, 3.8) is 0 Å². The molecule has 1 aliphatic heterocycles. The first-order chi connectivity index (χ1) is 10.9. The van der Waals surface area contributed by atoms with Gasteiger partial charge in [-0.25, -0.2) is 0 Å². The van der Waals surface area contributed by atoms with Gasteiger partial charge in [0.25, 0.3) is 0 Å². The van der Waals surface area contributed by atoms with Gasteiger partial charge in [-0.15, -0.1) is 5.10 Å². The van der Waals surface area contributed by atoms with Crippen LogP contribution in [0.2, 0.25) is 0 Å². The van der Waals surface area contributed by atoms with Gasteiger partial charge in [-0.2, -0.15) is 17.9 Å². The van der Waals surface area contributed by atoms with E-state index in [-0.39, 0.29) is 0 Å². The summed E-state index contributed by atoms with van der Waals surface area (Å²) in [6.07, 6.45) is -4.35. The fraction of sp³-hybridized carbons (Fsp3) is 0.500. The van der Waals surface area contributed by atoms with Gasteiger partial charge in [0, 0.05) is 25.7 Å². The Morgan fingerprint density at radius 2 is 2.00 bits per heavy atom. The summed E-state index contributed by atoms with van der Waals surface area (Å²) in [5.74, 6) is 0.610. The Bertz CT molecular complexity index is 651. The SMILES string of the molecule is CC1CN(Cc2nnnn2-c2ccc(C(F)(F)F)cc2)CCN1. The number of benzene rings is 1. The van der Waals surface area contributed by atoms with Gasteiger partial charge in [-0.3, -0.25) is 4.90 Å². The Morgan fingerprint density at radius 3 is 2.65 bits per heavy atom. The molecule has 1 atom stereocenters. The minimum absolute atomic E-state index is 0.388. The van der Waals surface area contributed by atoms with Crippen molar-refractivity contribution in [3.05, 3.63) is 35.7 Å². The lowest BCUT2D eigenvalue weighted by Crippen LogP contribution is -2.48. The van der Waals surface area contributed by atoms with E-state index in [0.717, 1.165) is 31.8 Å². The number of nitrogens with zero attached hydrogens (tertiary/aromatic N) is 5. The van der Waals surface area contributed by atoms with E-state index in [0.29, 0.717) is 24.1 Å². The monoisotopic (exact) mass is 326 g/mol. The van der Waals surface area contributed by atoms with Crippen LogP contribution in [-0.4, -0.2) is 50.8 Å². The van der Waals surface area contributed by atoms with E-state index in [4.69, 9.17) is 0 Å². The number of alkyl halides is 3. The van der Waals surface area contributed by atoms with Gasteiger partial charge >= 0.3 is 6.18 Å². The molecule has 0 bridgehead atoms. The average Bonchev–Trinajstić information content (AvgIpc) is 2.94. The number of halogens is 3. The van der Waals surface area contributed by atoms with Gasteiger partial charge in [0.2, 0.25) is 0 Å². The summed E-state index contributed by atoms with van der Waals surface area (Å²) in [5, 5.41) is 14.9. The van der Waals surface area contributed by atoms with Crippen molar-refractivity contribution >= 4 is 0 Å². The molecule has 2 aromatic rings. The molecule has 1 aliphatic rings. The second-order valence-corrected chi connectivity index (χ2v) is 5.64. The summed E-state index contributed by atoms with van der Waals surface area (Å²) in [6, 6.07) is 5.21. The highest BCUT2D eigenvalue weighted by Gasteiger charge is 2.30. The second kappa shape index (κ2) is 6.25. The van der Waals surface area contributed by atoms with Crippen LogP contribution in [-0.2, 0) is 12.7 Å². The normalized spacial score (nSPS) is 19.9. The number of nitrogens with one attached hydrogen (secondary N) is 1. The lowest BCUT2D eigenvalue weighted by atomic mass is 10.2. The molecule has 1 aromatic carbocycles. The van der Waals surface area contributed by atoms with E-state index in [1.807, 2.05) is 0 Å². The highest BCUT2D eigenvalue weighted by molar-refractivity contribution is 5.35.